The van der Waals surface area contributed by atoms with E-state index >= 15 is 0 Å². The Morgan fingerprint density at radius 1 is 0.967 bits per heavy atom. The van der Waals surface area contributed by atoms with Gasteiger partial charge in [0.05, 0.1) is 36.9 Å². The summed E-state index contributed by atoms with van der Waals surface area (Å²) in [6.45, 7) is 8.19. The molecule has 4 rings (SSSR count). The molecule has 0 unspecified atom stereocenters. The number of benzene rings is 1. The summed E-state index contributed by atoms with van der Waals surface area (Å²) in [5.74, 6) is -0.161. The zero-order valence-corrected chi connectivity index (χ0v) is 17.4. The Hall–Kier alpha value is -3.68. The Morgan fingerprint density at radius 2 is 1.73 bits per heavy atom. The Morgan fingerprint density at radius 3 is 2.40 bits per heavy atom. The molecule has 1 N–H and O–H groups in total. The van der Waals surface area contributed by atoms with E-state index < -0.39 is 0 Å². The number of amides is 1. The van der Waals surface area contributed by atoms with Gasteiger partial charge in [0.1, 0.15) is 0 Å². The fourth-order valence-corrected chi connectivity index (χ4v) is 3.34. The van der Waals surface area contributed by atoms with Crippen molar-refractivity contribution in [3.8, 4) is 0 Å². The molecule has 0 bridgehead atoms. The van der Waals surface area contributed by atoms with Gasteiger partial charge in [0.15, 0.2) is 0 Å². The van der Waals surface area contributed by atoms with Crippen molar-refractivity contribution in [2.75, 3.05) is 5.32 Å². The minimum atomic E-state index is -0.161. The molecule has 1 aromatic carbocycles. The van der Waals surface area contributed by atoms with E-state index in [1.165, 1.54) is 0 Å². The normalized spacial score (nSPS) is 11.0. The van der Waals surface area contributed by atoms with Gasteiger partial charge in [0, 0.05) is 35.8 Å². The van der Waals surface area contributed by atoms with Crippen LogP contribution in [0.15, 0.2) is 55.1 Å². The third kappa shape index (κ3) is 4.48. The van der Waals surface area contributed by atoms with Crippen LogP contribution in [0.25, 0.3) is 0 Å². The molecule has 4 aromatic rings. The number of rotatable bonds is 7. The molecule has 0 saturated carbocycles. The zero-order valence-electron chi connectivity index (χ0n) is 17.4. The summed E-state index contributed by atoms with van der Waals surface area (Å²) in [6, 6.07) is 9.64. The van der Waals surface area contributed by atoms with E-state index in [9.17, 15) is 4.79 Å². The maximum absolute atomic E-state index is 12.6. The average molecular weight is 403 g/mol. The summed E-state index contributed by atoms with van der Waals surface area (Å²) in [4.78, 5) is 12.6. The molecule has 0 atom stereocenters. The van der Waals surface area contributed by atoms with E-state index in [0.717, 1.165) is 29.1 Å². The Kier molecular flexibility index (Phi) is 5.47. The highest BCUT2D eigenvalue weighted by Crippen LogP contribution is 2.13. The second kappa shape index (κ2) is 8.36. The van der Waals surface area contributed by atoms with Crippen LogP contribution in [0.2, 0.25) is 0 Å². The van der Waals surface area contributed by atoms with E-state index in [1.807, 2.05) is 73.0 Å². The molecular weight excluding hydrogens is 378 g/mol. The molecule has 0 aliphatic carbocycles. The maximum atomic E-state index is 12.6. The molecule has 8 nitrogen and oxygen atoms in total. The molecule has 1 amide bonds. The Balaban J connectivity index is 1.36. The number of hydrogen-bond acceptors (Lipinski definition) is 4. The van der Waals surface area contributed by atoms with Crippen LogP contribution < -0.4 is 5.32 Å². The van der Waals surface area contributed by atoms with Crippen molar-refractivity contribution in [3.05, 3.63) is 83.2 Å². The molecule has 0 radical (unpaired) electrons. The zero-order chi connectivity index (χ0) is 21.1. The first-order valence-electron chi connectivity index (χ1n) is 9.95. The molecular formula is C22H25N7O. The fraction of sp³-hybridized carbons (Fsp3) is 0.273. The summed E-state index contributed by atoms with van der Waals surface area (Å²) in [5.41, 5.74) is 5.55. The molecule has 154 valence electrons. The average Bonchev–Trinajstić information content (AvgIpc) is 3.44. The molecule has 3 aromatic heterocycles. The van der Waals surface area contributed by atoms with Crippen LogP contribution in [0.1, 0.15) is 39.8 Å². The number of nitrogens with zero attached hydrogens (tertiary/aromatic N) is 6. The van der Waals surface area contributed by atoms with Gasteiger partial charge in [0.25, 0.3) is 5.91 Å². The van der Waals surface area contributed by atoms with Gasteiger partial charge in [-0.2, -0.15) is 15.3 Å². The molecule has 0 spiro atoms. The first kappa shape index (κ1) is 19.6. The minimum Gasteiger partial charge on any atom is -0.319 e. The molecule has 0 aliphatic heterocycles. The Bertz CT molecular complexity index is 1150. The van der Waals surface area contributed by atoms with Gasteiger partial charge in [-0.1, -0.05) is 12.1 Å². The highest BCUT2D eigenvalue weighted by Gasteiger charge is 2.09. The monoisotopic (exact) mass is 403 g/mol. The van der Waals surface area contributed by atoms with Gasteiger partial charge in [-0.05, 0) is 44.5 Å². The van der Waals surface area contributed by atoms with Crippen LogP contribution in [0.3, 0.4) is 0 Å². The second-order valence-corrected chi connectivity index (χ2v) is 7.37. The topological polar surface area (TPSA) is 82.6 Å². The molecule has 0 aliphatic rings. The van der Waals surface area contributed by atoms with Gasteiger partial charge in [-0.25, -0.2) is 0 Å². The van der Waals surface area contributed by atoms with Crippen molar-refractivity contribution in [2.24, 2.45) is 0 Å². The first-order chi connectivity index (χ1) is 14.5. The number of nitrogens with one attached hydrogen (secondary N) is 1. The van der Waals surface area contributed by atoms with Crippen LogP contribution in [0, 0.1) is 13.8 Å². The highest BCUT2D eigenvalue weighted by atomic mass is 16.1. The predicted octanol–water partition coefficient (Wildman–Crippen LogP) is 3.26. The fourth-order valence-electron chi connectivity index (χ4n) is 3.34. The summed E-state index contributed by atoms with van der Waals surface area (Å²) in [6.07, 6.45) is 7.29. The standard InChI is InChI=1S/C22H25N7O/c1-4-27-12-19(10-23-27)13-28-15-21(11-24-28)25-22(30)20-7-5-18(6-8-20)14-29-17(3)9-16(2)26-29/h5-12,15H,4,13-14H2,1-3H3,(H,25,30). The van der Waals surface area contributed by atoms with Crippen LogP contribution in [-0.4, -0.2) is 35.2 Å². The van der Waals surface area contributed by atoms with Gasteiger partial charge in [-0.15, -0.1) is 0 Å². The van der Waals surface area contributed by atoms with E-state index in [2.05, 4.69) is 26.7 Å². The van der Waals surface area contributed by atoms with E-state index in [1.54, 1.807) is 10.9 Å². The molecule has 0 saturated heterocycles. The van der Waals surface area contributed by atoms with Crippen molar-refractivity contribution in [3.63, 3.8) is 0 Å². The number of carbonyl (C=O) groups is 1. The van der Waals surface area contributed by atoms with Gasteiger partial charge in [0.2, 0.25) is 0 Å². The molecule has 0 fully saturated rings. The van der Waals surface area contributed by atoms with Crippen molar-refractivity contribution < 1.29 is 4.79 Å². The predicted molar refractivity (Wildman–Crippen MR) is 114 cm³/mol. The second-order valence-electron chi connectivity index (χ2n) is 7.37. The lowest BCUT2D eigenvalue weighted by molar-refractivity contribution is 0.102. The number of aromatic nitrogens is 6. The Labute approximate surface area is 175 Å². The van der Waals surface area contributed by atoms with Crippen molar-refractivity contribution in [1.82, 2.24) is 29.3 Å². The summed E-state index contributed by atoms with van der Waals surface area (Å²) < 4.78 is 5.62. The quantitative estimate of drug-likeness (QED) is 0.513. The highest BCUT2D eigenvalue weighted by molar-refractivity contribution is 6.04. The van der Waals surface area contributed by atoms with Crippen molar-refractivity contribution >= 4 is 11.6 Å². The lowest BCUT2D eigenvalue weighted by atomic mass is 10.1. The lowest BCUT2D eigenvalue weighted by Gasteiger charge is -2.06. The van der Waals surface area contributed by atoms with Crippen molar-refractivity contribution in [1.29, 1.82) is 0 Å². The lowest BCUT2D eigenvalue weighted by Crippen LogP contribution is -2.12. The van der Waals surface area contributed by atoms with Gasteiger partial charge < -0.3 is 5.32 Å². The SMILES string of the molecule is CCn1cc(Cn2cc(NC(=O)c3ccc(Cn4nc(C)cc4C)cc3)cn2)cn1. The maximum Gasteiger partial charge on any atom is 0.255 e. The molecule has 30 heavy (non-hydrogen) atoms. The number of anilines is 1. The third-order valence-corrected chi connectivity index (χ3v) is 4.90. The molecule has 3 heterocycles. The molecule has 8 heteroatoms. The van der Waals surface area contributed by atoms with Crippen LogP contribution in [0.5, 0.6) is 0 Å². The smallest absolute Gasteiger partial charge is 0.255 e. The minimum absolute atomic E-state index is 0.161. The van der Waals surface area contributed by atoms with Gasteiger partial charge in [-0.3, -0.25) is 18.8 Å². The largest absolute Gasteiger partial charge is 0.319 e. The first-order valence-corrected chi connectivity index (χ1v) is 9.95. The van der Waals surface area contributed by atoms with Gasteiger partial charge >= 0.3 is 0 Å². The van der Waals surface area contributed by atoms with Crippen LogP contribution in [0.4, 0.5) is 5.69 Å². The van der Waals surface area contributed by atoms with Crippen LogP contribution >= 0.6 is 0 Å². The summed E-state index contributed by atoms with van der Waals surface area (Å²) in [7, 11) is 0. The summed E-state index contributed by atoms with van der Waals surface area (Å²) in [5, 5.41) is 16.0. The van der Waals surface area contributed by atoms with E-state index in [0.29, 0.717) is 24.3 Å². The number of carbonyl (C=O) groups excluding carboxylic acids is 1. The van der Waals surface area contributed by atoms with Crippen LogP contribution in [-0.2, 0) is 19.6 Å². The van der Waals surface area contributed by atoms with E-state index in [-0.39, 0.29) is 5.91 Å². The van der Waals surface area contributed by atoms with E-state index in [4.69, 9.17) is 0 Å². The number of aryl methyl sites for hydroxylation is 3. The van der Waals surface area contributed by atoms with Crippen molar-refractivity contribution in [2.45, 2.75) is 40.4 Å². The third-order valence-electron chi connectivity index (χ3n) is 4.90. The summed E-state index contributed by atoms with van der Waals surface area (Å²) >= 11 is 0. The number of hydrogen-bond donors (Lipinski definition) is 1.